The third-order valence-corrected chi connectivity index (χ3v) is 7.31. The number of fused-ring (bicyclic) bond motifs is 1. The van der Waals surface area contributed by atoms with Crippen molar-refractivity contribution in [1.82, 2.24) is 24.8 Å². The van der Waals surface area contributed by atoms with Crippen molar-refractivity contribution in [3.8, 4) is 11.5 Å². The maximum Gasteiger partial charge on any atom is 0.330 e. The summed E-state index contributed by atoms with van der Waals surface area (Å²) in [5, 5.41) is 3.33. The van der Waals surface area contributed by atoms with Crippen molar-refractivity contribution in [3.63, 3.8) is 0 Å². The van der Waals surface area contributed by atoms with Gasteiger partial charge in [0.1, 0.15) is 34.5 Å². The van der Waals surface area contributed by atoms with Gasteiger partial charge in [-0.25, -0.2) is 19.7 Å². The highest BCUT2D eigenvalue weighted by Crippen LogP contribution is 2.42. The minimum Gasteiger partial charge on any atom is -0.497 e. The highest BCUT2D eigenvalue weighted by atomic mass is 35.5. The maximum absolute atomic E-state index is 14.3. The van der Waals surface area contributed by atoms with Gasteiger partial charge in [0, 0.05) is 43.1 Å². The average Bonchev–Trinajstić information content (AvgIpc) is 3.03. The van der Waals surface area contributed by atoms with E-state index in [1.165, 1.54) is 20.5 Å². The minimum atomic E-state index is -0.362. The molecule has 1 aliphatic heterocycles. The molecule has 13 heteroatoms. The summed E-state index contributed by atoms with van der Waals surface area (Å²) in [6.07, 6.45) is 8.36. The lowest BCUT2D eigenvalue weighted by Crippen LogP contribution is -2.47. The van der Waals surface area contributed by atoms with Gasteiger partial charge in [-0.2, -0.15) is 4.98 Å². The number of nitrogens with one attached hydrogen (secondary N) is 1. The van der Waals surface area contributed by atoms with Crippen LogP contribution in [0.2, 0.25) is 5.02 Å². The van der Waals surface area contributed by atoms with E-state index in [0.29, 0.717) is 40.9 Å². The zero-order valence-corrected chi connectivity index (χ0v) is 26.2. The van der Waals surface area contributed by atoms with Crippen LogP contribution in [-0.4, -0.2) is 71.5 Å². The van der Waals surface area contributed by atoms with Gasteiger partial charge in [0.05, 0.1) is 33.0 Å². The number of ether oxygens (including phenoxy) is 2. The fraction of sp³-hybridized carbons (Fsp3) is 0.250. The first-order chi connectivity index (χ1) is 21.7. The third-order valence-electron chi connectivity index (χ3n) is 6.93. The van der Waals surface area contributed by atoms with Gasteiger partial charge in [-0.05, 0) is 37.4 Å². The Morgan fingerprint density at radius 2 is 1.93 bits per heavy atom. The molecule has 4 aromatic rings. The first-order valence-corrected chi connectivity index (χ1v) is 14.4. The minimum absolute atomic E-state index is 0.00522. The normalized spacial score (nSPS) is 12.9. The van der Waals surface area contributed by atoms with Crippen LogP contribution in [0.3, 0.4) is 0 Å². The molecule has 2 aromatic carbocycles. The largest absolute Gasteiger partial charge is 0.497 e. The molecule has 0 bridgehead atoms. The van der Waals surface area contributed by atoms with Crippen molar-refractivity contribution in [2.24, 2.45) is 0 Å². The van der Waals surface area contributed by atoms with Crippen molar-refractivity contribution in [2.75, 3.05) is 50.0 Å². The van der Waals surface area contributed by atoms with Gasteiger partial charge in [-0.3, -0.25) is 14.6 Å². The Labute approximate surface area is 266 Å². The van der Waals surface area contributed by atoms with Crippen LogP contribution in [0.25, 0.3) is 0 Å². The second-order valence-electron chi connectivity index (χ2n) is 10.5. The number of benzene rings is 2. The molecular formula is C32H33ClN8O4. The number of nitrogens with zero attached hydrogens (tertiary/aromatic N) is 7. The van der Waals surface area contributed by atoms with Crippen molar-refractivity contribution >= 4 is 46.7 Å². The number of likely N-dealkylation sites (N-methyl/N-ethyl adjacent to an activating group) is 1. The van der Waals surface area contributed by atoms with Gasteiger partial charge in [-0.15, -0.1) is 0 Å². The summed E-state index contributed by atoms with van der Waals surface area (Å²) in [5.41, 5.74) is 2.76. The standard InChI is InChI=1S/C32H33ClN8O4/c1-39(2)12-6-9-24(42)14-21-7-5-8-22(13-21)18-41-30-23(17-35-31(38-30)37-28-10-11-34-20-36-28)19-40(32(41)43)26-15-25(44-3)16-27(45-4)29(26)33/h5-11,13,15-17,20H,12,14,18-19H2,1-4H3,(H,34,35,36,37,38)/b9-6+. The molecule has 3 heterocycles. The van der Waals surface area contributed by atoms with Crippen LogP contribution in [-0.2, 0) is 24.3 Å². The number of hydrogen-bond acceptors (Lipinski definition) is 10. The van der Waals surface area contributed by atoms with Gasteiger partial charge in [0.25, 0.3) is 0 Å². The summed E-state index contributed by atoms with van der Waals surface area (Å²) in [7, 11) is 6.91. The maximum atomic E-state index is 14.3. The van der Waals surface area contributed by atoms with Crippen LogP contribution in [0.15, 0.2) is 73.3 Å². The van der Waals surface area contributed by atoms with E-state index in [1.54, 1.807) is 46.5 Å². The third kappa shape index (κ3) is 7.54. The number of rotatable bonds is 12. The van der Waals surface area contributed by atoms with Gasteiger partial charge in [-0.1, -0.05) is 41.9 Å². The summed E-state index contributed by atoms with van der Waals surface area (Å²) in [4.78, 5) is 49.3. The smallest absolute Gasteiger partial charge is 0.330 e. The lowest BCUT2D eigenvalue weighted by molar-refractivity contribution is -0.114. The molecule has 0 fully saturated rings. The van der Waals surface area contributed by atoms with Crippen LogP contribution in [0.1, 0.15) is 16.7 Å². The van der Waals surface area contributed by atoms with E-state index in [-0.39, 0.29) is 42.3 Å². The number of methoxy groups -OCH3 is 2. The zero-order valence-electron chi connectivity index (χ0n) is 25.4. The number of carbonyl (C=O) groups is 2. The molecule has 45 heavy (non-hydrogen) atoms. The van der Waals surface area contributed by atoms with E-state index in [0.717, 1.165) is 11.1 Å². The molecule has 0 saturated heterocycles. The SMILES string of the molecule is COc1cc(OC)c(Cl)c(N2Cc3cnc(Nc4ccncn4)nc3N(Cc3cccc(CC(=O)/C=C/CN(C)C)c3)C2=O)c1. The Hall–Kier alpha value is -5.07. The molecule has 0 unspecified atom stereocenters. The summed E-state index contributed by atoms with van der Waals surface area (Å²) in [6.45, 7) is 1.00. The van der Waals surface area contributed by atoms with Gasteiger partial charge in [0.15, 0.2) is 5.78 Å². The zero-order chi connectivity index (χ0) is 31.9. The number of urea groups is 1. The van der Waals surface area contributed by atoms with Gasteiger partial charge in [0.2, 0.25) is 5.95 Å². The number of carbonyl (C=O) groups excluding carboxylic acids is 2. The molecule has 0 spiro atoms. The number of ketones is 1. The second-order valence-corrected chi connectivity index (χ2v) is 10.9. The van der Waals surface area contributed by atoms with E-state index in [9.17, 15) is 9.59 Å². The molecular weight excluding hydrogens is 596 g/mol. The molecule has 2 amide bonds. The van der Waals surface area contributed by atoms with Crippen LogP contribution in [0.5, 0.6) is 11.5 Å². The Morgan fingerprint density at radius 3 is 2.67 bits per heavy atom. The number of amides is 2. The second kappa shape index (κ2) is 14.1. The molecule has 0 atom stereocenters. The lowest BCUT2D eigenvalue weighted by atomic mass is 10.0. The van der Waals surface area contributed by atoms with Crippen molar-refractivity contribution in [2.45, 2.75) is 19.5 Å². The summed E-state index contributed by atoms with van der Waals surface area (Å²) in [5.74, 6) is 2.05. The number of aromatic nitrogens is 4. The van der Waals surface area contributed by atoms with E-state index in [2.05, 4.69) is 20.3 Å². The van der Waals surface area contributed by atoms with E-state index in [1.807, 2.05) is 49.3 Å². The van der Waals surface area contributed by atoms with Crippen LogP contribution in [0, 0.1) is 0 Å². The molecule has 1 N–H and O–H groups in total. The molecule has 232 valence electrons. The summed E-state index contributed by atoms with van der Waals surface area (Å²) < 4.78 is 10.9. The Balaban J connectivity index is 1.50. The Kier molecular flexibility index (Phi) is 9.86. The highest BCUT2D eigenvalue weighted by molar-refractivity contribution is 6.35. The molecule has 0 radical (unpaired) electrons. The quantitative estimate of drug-likeness (QED) is 0.213. The average molecular weight is 629 g/mol. The van der Waals surface area contributed by atoms with Gasteiger partial charge < -0.3 is 19.7 Å². The van der Waals surface area contributed by atoms with Crippen molar-refractivity contribution in [3.05, 3.63) is 95.1 Å². The highest BCUT2D eigenvalue weighted by Gasteiger charge is 2.35. The summed E-state index contributed by atoms with van der Waals surface area (Å²) in [6, 6.07) is 12.3. The molecule has 0 saturated carbocycles. The Bertz CT molecular complexity index is 1720. The molecule has 0 aliphatic carbocycles. The van der Waals surface area contributed by atoms with Crippen LogP contribution >= 0.6 is 11.6 Å². The molecule has 2 aromatic heterocycles. The van der Waals surface area contributed by atoms with Crippen molar-refractivity contribution in [1.29, 1.82) is 0 Å². The number of halogens is 1. The first-order valence-electron chi connectivity index (χ1n) is 14.1. The van der Waals surface area contributed by atoms with Gasteiger partial charge >= 0.3 is 6.03 Å². The lowest BCUT2D eigenvalue weighted by Gasteiger charge is -2.36. The van der Waals surface area contributed by atoms with Crippen LogP contribution in [0.4, 0.5) is 28.1 Å². The topological polar surface area (TPSA) is 126 Å². The van der Waals surface area contributed by atoms with Crippen LogP contribution < -0.4 is 24.6 Å². The van der Waals surface area contributed by atoms with E-state index < -0.39 is 0 Å². The molecule has 12 nitrogen and oxygen atoms in total. The Morgan fingerprint density at radius 1 is 1.11 bits per heavy atom. The van der Waals surface area contributed by atoms with E-state index >= 15 is 0 Å². The fourth-order valence-corrected chi connectivity index (χ4v) is 5.07. The summed E-state index contributed by atoms with van der Waals surface area (Å²) >= 11 is 6.72. The predicted molar refractivity (Wildman–Crippen MR) is 173 cm³/mol. The molecule has 5 rings (SSSR count). The number of hydrogen-bond donors (Lipinski definition) is 1. The van der Waals surface area contributed by atoms with E-state index in [4.69, 9.17) is 26.1 Å². The predicted octanol–water partition coefficient (Wildman–Crippen LogP) is 5.06. The van der Waals surface area contributed by atoms with Crippen molar-refractivity contribution < 1.29 is 19.1 Å². The monoisotopic (exact) mass is 628 g/mol. The fourth-order valence-electron chi connectivity index (χ4n) is 4.78. The molecule has 1 aliphatic rings. The number of anilines is 4. The number of allylic oxidation sites excluding steroid dienone is 1. The first kappa shape index (κ1) is 31.4.